The van der Waals surface area contributed by atoms with Crippen molar-refractivity contribution in [1.82, 2.24) is 0 Å². The molecular formula is C24H27P. The molecular weight excluding hydrogens is 319 g/mol. The average molecular weight is 346 g/mol. The first-order valence-electron chi connectivity index (χ1n) is 9.10. The van der Waals surface area contributed by atoms with E-state index in [0.717, 1.165) is 0 Å². The molecule has 0 nitrogen and oxygen atoms in total. The second kappa shape index (κ2) is 8.45. The van der Waals surface area contributed by atoms with Gasteiger partial charge in [0.05, 0.1) is 0 Å². The average Bonchev–Trinajstić information content (AvgIpc) is 2.70. The Bertz CT molecular complexity index is 644. The van der Waals surface area contributed by atoms with Gasteiger partial charge in [-0.2, -0.15) is 0 Å². The molecule has 0 aliphatic carbocycles. The first kappa shape index (κ1) is 17.9. The Morgan fingerprint density at radius 2 is 0.680 bits per heavy atom. The third-order valence-corrected chi connectivity index (χ3v) is 8.77. The predicted molar refractivity (Wildman–Crippen MR) is 111 cm³/mol. The highest BCUT2D eigenvalue weighted by Crippen LogP contribution is 2.69. The van der Waals surface area contributed by atoms with Crippen LogP contribution in [0.3, 0.4) is 0 Å². The lowest BCUT2D eigenvalue weighted by Gasteiger charge is -2.36. The van der Waals surface area contributed by atoms with E-state index < -0.39 is 0 Å². The molecule has 0 saturated carbocycles. The minimum atomic E-state index is -0.273. The molecule has 0 N–H and O–H groups in total. The van der Waals surface area contributed by atoms with E-state index in [4.69, 9.17) is 0 Å². The number of rotatable bonds is 6. The molecule has 3 aromatic carbocycles. The minimum Gasteiger partial charge on any atom is -0.0845 e. The molecule has 0 spiro atoms. The van der Waals surface area contributed by atoms with Crippen molar-refractivity contribution in [2.24, 2.45) is 0 Å². The van der Waals surface area contributed by atoms with E-state index in [1.165, 1.54) is 16.7 Å². The van der Waals surface area contributed by atoms with Crippen molar-refractivity contribution in [2.45, 2.75) is 37.7 Å². The topological polar surface area (TPSA) is 0 Å². The molecule has 0 aliphatic rings. The van der Waals surface area contributed by atoms with Crippen molar-refractivity contribution in [2.75, 3.05) is 0 Å². The van der Waals surface area contributed by atoms with Crippen LogP contribution in [0.4, 0.5) is 0 Å². The first-order valence-corrected chi connectivity index (χ1v) is 10.7. The number of benzene rings is 3. The van der Waals surface area contributed by atoms with E-state index in [9.17, 15) is 0 Å². The van der Waals surface area contributed by atoms with Gasteiger partial charge < -0.3 is 0 Å². The molecule has 0 aliphatic heterocycles. The Kier molecular flexibility index (Phi) is 6.05. The van der Waals surface area contributed by atoms with Crippen molar-refractivity contribution >= 4 is 7.92 Å². The minimum absolute atomic E-state index is 0.273. The number of hydrogen-bond donors (Lipinski definition) is 0. The van der Waals surface area contributed by atoms with E-state index in [0.29, 0.717) is 17.0 Å². The largest absolute Gasteiger partial charge is 0.0845 e. The molecule has 0 heterocycles. The van der Waals surface area contributed by atoms with Gasteiger partial charge >= 0.3 is 0 Å². The van der Waals surface area contributed by atoms with E-state index in [-0.39, 0.29) is 7.92 Å². The van der Waals surface area contributed by atoms with Gasteiger partial charge in [-0.1, -0.05) is 120 Å². The SMILES string of the molecule is C[C@H](c1ccccc1)P([C@H](C)c1ccccc1)[C@H](C)c1ccccc1. The Morgan fingerprint density at radius 3 is 0.920 bits per heavy atom. The van der Waals surface area contributed by atoms with Gasteiger partial charge in [0.2, 0.25) is 0 Å². The fraction of sp³-hybridized carbons (Fsp3) is 0.250. The van der Waals surface area contributed by atoms with Crippen molar-refractivity contribution in [1.29, 1.82) is 0 Å². The lowest BCUT2D eigenvalue weighted by Crippen LogP contribution is -2.05. The third kappa shape index (κ3) is 4.20. The zero-order valence-corrected chi connectivity index (χ0v) is 16.2. The molecule has 0 saturated heterocycles. The molecule has 0 unspecified atom stereocenters. The summed E-state index contributed by atoms with van der Waals surface area (Å²) in [7, 11) is -0.273. The zero-order chi connectivity index (χ0) is 17.6. The molecule has 128 valence electrons. The van der Waals surface area contributed by atoms with Crippen LogP contribution in [0.25, 0.3) is 0 Å². The maximum atomic E-state index is 2.42. The summed E-state index contributed by atoms with van der Waals surface area (Å²) in [6.45, 7) is 7.25. The molecule has 0 radical (unpaired) electrons. The van der Waals surface area contributed by atoms with Gasteiger partial charge in [0, 0.05) is 17.0 Å². The van der Waals surface area contributed by atoms with Gasteiger partial charge in [-0.05, 0) is 16.7 Å². The van der Waals surface area contributed by atoms with Gasteiger partial charge in [0.1, 0.15) is 0 Å². The molecule has 0 amide bonds. The van der Waals surface area contributed by atoms with Crippen LogP contribution in [-0.2, 0) is 0 Å². The molecule has 0 bridgehead atoms. The normalized spacial score (nSPS) is 14.9. The van der Waals surface area contributed by atoms with Crippen molar-refractivity contribution < 1.29 is 0 Å². The molecule has 3 atom stereocenters. The molecule has 1 heteroatoms. The Labute approximate surface area is 153 Å². The molecule has 3 rings (SSSR count). The summed E-state index contributed by atoms with van der Waals surface area (Å²) < 4.78 is 0. The molecule has 25 heavy (non-hydrogen) atoms. The van der Waals surface area contributed by atoms with Gasteiger partial charge in [0.15, 0.2) is 0 Å². The van der Waals surface area contributed by atoms with Crippen LogP contribution in [-0.4, -0.2) is 0 Å². The highest BCUT2D eigenvalue weighted by atomic mass is 31.1. The Balaban J connectivity index is 1.99. The summed E-state index contributed by atoms with van der Waals surface area (Å²) in [5, 5.41) is 0. The van der Waals surface area contributed by atoms with Crippen LogP contribution in [0.15, 0.2) is 91.0 Å². The monoisotopic (exact) mass is 346 g/mol. The lowest BCUT2D eigenvalue weighted by atomic mass is 10.1. The molecule has 3 aromatic rings. The smallest absolute Gasteiger partial charge is 0.00242 e. The third-order valence-electron chi connectivity index (χ3n) is 5.19. The van der Waals surface area contributed by atoms with Gasteiger partial charge in [0.25, 0.3) is 0 Å². The summed E-state index contributed by atoms with van der Waals surface area (Å²) in [6, 6.07) is 33.1. The van der Waals surface area contributed by atoms with Gasteiger partial charge in [-0.25, -0.2) is 0 Å². The Hall–Kier alpha value is -1.91. The summed E-state index contributed by atoms with van der Waals surface area (Å²) in [4.78, 5) is 0. The van der Waals surface area contributed by atoms with E-state index in [1.54, 1.807) is 0 Å². The van der Waals surface area contributed by atoms with Gasteiger partial charge in [-0.3, -0.25) is 0 Å². The van der Waals surface area contributed by atoms with Crippen LogP contribution in [0.1, 0.15) is 54.4 Å². The maximum absolute atomic E-state index is 2.42. The summed E-state index contributed by atoms with van der Waals surface area (Å²) in [5.74, 6) is 0. The fourth-order valence-corrected chi connectivity index (χ4v) is 7.28. The fourth-order valence-electron chi connectivity index (χ4n) is 3.72. The van der Waals surface area contributed by atoms with Crippen LogP contribution in [0, 0.1) is 0 Å². The first-order chi connectivity index (χ1) is 12.2. The van der Waals surface area contributed by atoms with Crippen molar-refractivity contribution in [3.8, 4) is 0 Å². The van der Waals surface area contributed by atoms with Crippen molar-refractivity contribution in [3.05, 3.63) is 108 Å². The van der Waals surface area contributed by atoms with E-state index >= 15 is 0 Å². The highest BCUT2D eigenvalue weighted by Gasteiger charge is 2.30. The second-order valence-electron chi connectivity index (χ2n) is 6.71. The van der Waals surface area contributed by atoms with Crippen LogP contribution < -0.4 is 0 Å². The van der Waals surface area contributed by atoms with E-state index in [2.05, 4.69) is 112 Å². The van der Waals surface area contributed by atoms with Crippen LogP contribution in [0.2, 0.25) is 0 Å². The highest BCUT2D eigenvalue weighted by molar-refractivity contribution is 7.58. The number of hydrogen-bond acceptors (Lipinski definition) is 0. The second-order valence-corrected chi connectivity index (χ2v) is 9.93. The van der Waals surface area contributed by atoms with E-state index in [1.807, 2.05) is 0 Å². The van der Waals surface area contributed by atoms with Crippen LogP contribution in [0.5, 0.6) is 0 Å². The molecule has 0 fully saturated rings. The quantitative estimate of drug-likeness (QED) is 0.400. The lowest BCUT2D eigenvalue weighted by molar-refractivity contribution is 0.930. The Morgan fingerprint density at radius 1 is 0.440 bits per heavy atom. The van der Waals surface area contributed by atoms with Crippen LogP contribution >= 0.6 is 7.92 Å². The van der Waals surface area contributed by atoms with Crippen molar-refractivity contribution in [3.63, 3.8) is 0 Å². The summed E-state index contributed by atoms with van der Waals surface area (Å²) in [5.41, 5.74) is 6.04. The van der Waals surface area contributed by atoms with Gasteiger partial charge in [-0.15, -0.1) is 0 Å². The summed E-state index contributed by atoms with van der Waals surface area (Å²) >= 11 is 0. The zero-order valence-electron chi connectivity index (χ0n) is 15.3. The maximum Gasteiger partial charge on any atom is 0.00242 e. The summed E-state index contributed by atoms with van der Waals surface area (Å²) in [6.07, 6.45) is 0. The predicted octanol–water partition coefficient (Wildman–Crippen LogP) is 7.75. The standard InChI is InChI=1S/C24H27P/c1-19(22-13-7-4-8-14-22)25(20(2)23-15-9-5-10-16-23)21(3)24-17-11-6-12-18-24/h4-21H,1-3H3/t19-,20-,21-/m1/s1. The molecule has 0 aromatic heterocycles.